The highest BCUT2D eigenvalue weighted by Crippen LogP contribution is 2.21. The van der Waals surface area contributed by atoms with E-state index in [1.807, 2.05) is 18.4 Å². The fourth-order valence-electron chi connectivity index (χ4n) is 1.87. The van der Waals surface area contributed by atoms with Crippen molar-refractivity contribution >= 4 is 34.5 Å². The molecule has 2 N–H and O–H groups in total. The van der Waals surface area contributed by atoms with Crippen molar-refractivity contribution in [1.29, 1.82) is 0 Å². The van der Waals surface area contributed by atoms with Crippen molar-refractivity contribution in [1.82, 2.24) is 10.3 Å². The summed E-state index contributed by atoms with van der Waals surface area (Å²) in [5.41, 5.74) is 2.23. The van der Waals surface area contributed by atoms with Gasteiger partial charge in [0.1, 0.15) is 0 Å². The predicted octanol–water partition coefficient (Wildman–Crippen LogP) is 3.86. The van der Waals surface area contributed by atoms with Crippen LogP contribution >= 0.6 is 22.9 Å². The van der Waals surface area contributed by atoms with Gasteiger partial charge in [0.05, 0.1) is 22.8 Å². The Labute approximate surface area is 133 Å². The lowest BCUT2D eigenvalue weighted by molar-refractivity contribution is 0.0951. The Morgan fingerprint density at radius 1 is 1.43 bits per heavy atom. The molecule has 0 fully saturated rings. The van der Waals surface area contributed by atoms with Gasteiger partial charge in [-0.1, -0.05) is 18.5 Å². The standard InChI is InChI=1S/C15H18ClN3OS/c1-3-6-17-14-5-4-11(16)7-13(14)15(20)18-8-12-9-21-10(2)19-12/h4-5,7,9,17H,3,6,8H2,1-2H3,(H,18,20). The Balaban J connectivity index is 2.08. The Hall–Kier alpha value is -1.59. The number of nitrogens with zero attached hydrogens (tertiary/aromatic N) is 1. The highest BCUT2D eigenvalue weighted by atomic mass is 35.5. The zero-order chi connectivity index (χ0) is 15.2. The summed E-state index contributed by atoms with van der Waals surface area (Å²) in [5.74, 6) is -0.151. The molecule has 0 unspecified atom stereocenters. The first-order valence-electron chi connectivity index (χ1n) is 6.82. The number of hydrogen-bond donors (Lipinski definition) is 2. The van der Waals surface area contributed by atoms with E-state index in [1.54, 1.807) is 23.5 Å². The summed E-state index contributed by atoms with van der Waals surface area (Å²) in [6.45, 7) is 5.25. The molecule has 1 aromatic carbocycles. The molecule has 0 aliphatic heterocycles. The van der Waals surface area contributed by atoms with E-state index in [-0.39, 0.29) is 5.91 Å². The number of aromatic nitrogens is 1. The number of thiazole rings is 1. The van der Waals surface area contributed by atoms with Crippen LogP contribution in [0.25, 0.3) is 0 Å². The molecule has 1 heterocycles. The highest BCUT2D eigenvalue weighted by Gasteiger charge is 2.12. The lowest BCUT2D eigenvalue weighted by atomic mass is 10.1. The predicted molar refractivity (Wildman–Crippen MR) is 88.3 cm³/mol. The minimum atomic E-state index is -0.151. The Bertz CT molecular complexity index is 627. The summed E-state index contributed by atoms with van der Waals surface area (Å²) in [6, 6.07) is 5.29. The van der Waals surface area contributed by atoms with Crippen molar-refractivity contribution < 1.29 is 4.79 Å². The van der Waals surface area contributed by atoms with E-state index >= 15 is 0 Å². The van der Waals surface area contributed by atoms with Crippen LogP contribution in [0.15, 0.2) is 23.6 Å². The van der Waals surface area contributed by atoms with Gasteiger partial charge in [-0.15, -0.1) is 11.3 Å². The summed E-state index contributed by atoms with van der Waals surface area (Å²) in [6.07, 6.45) is 0.988. The van der Waals surface area contributed by atoms with Gasteiger partial charge in [-0.05, 0) is 31.5 Å². The van der Waals surface area contributed by atoms with E-state index < -0.39 is 0 Å². The van der Waals surface area contributed by atoms with E-state index in [4.69, 9.17) is 11.6 Å². The van der Waals surface area contributed by atoms with Crippen molar-refractivity contribution in [2.45, 2.75) is 26.8 Å². The Kier molecular flexibility index (Phi) is 5.59. The number of rotatable bonds is 6. The first-order chi connectivity index (χ1) is 10.1. The second-order valence-electron chi connectivity index (χ2n) is 4.66. The maximum absolute atomic E-state index is 12.3. The summed E-state index contributed by atoms with van der Waals surface area (Å²) >= 11 is 7.57. The van der Waals surface area contributed by atoms with E-state index in [0.717, 1.165) is 29.4 Å². The number of nitrogens with one attached hydrogen (secondary N) is 2. The number of hydrogen-bond acceptors (Lipinski definition) is 4. The lowest BCUT2D eigenvalue weighted by Crippen LogP contribution is -2.24. The van der Waals surface area contributed by atoms with Crippen LogP contribution in [0, 0.1) is 6.92 Å². The zero-order valence-electron chi connectivity index (χ0n) is 12.1. The zero-order valence-corrected chi connectivity index (χ0v) is 13.6. The van der Waals surface area contributed by atoms with Crippen molar-refractivity contribution in [2.75, 3.05) is 11.9 Å². The molecular formula is C15H18ClN3OS. The van der Waals surface area contributed by atoms with Crippen LogP contribution in [0.5, 0.6) is 0 Å². The molecule has 4 nitrogen and oxygen atoms in total. The molecule has 6 heteroatoms. The molecule has 1 amide bonds. The minimum Gasteiger partial charge on any atom is -0.384 e. The van der Waals surface area contributed by atoms with Crippen LogP contribution in [-0.4, -0.2) is 17.4 Å². The van der Waals surface area contributed by atoms with Gasteiger partial charge in [-0.2, -0.15) is 0 Å². The first-order valence-corrected chi connectivity index (χ1v) is 8.08. The molecular weight excluding hydrogens is 306 g/mol. The molecule has 0 atom stereocenters. The van der Waals surface area contributed by atoms with E-state index in [0.29, 0.717) is 17.1 Å². The molecule has 0 spiro atoms. The molecule has 0 saturated carbocycles. The van der Waals surface area contributed by atoms with Crippen LogP contribution in [0.4, 0.5) is 5.69 Å². The molecule has 112 valence electrons. The summed E-state index contributed by atoms with van der Waals surface area (Å²) in [4.78, 5) is 16.7. The lowest BCUT2D eigenvalue weighted by Gasteiger charge is -2.12. The third-order valence-corrected chi connectivity index (χ3v) is 3.95. The number of aryl methyl sites for hydroxylation is 1. The number of amides is 1. The van der Waals surface area contributed by atoms with Crippen LogP contribution in [0.3, 0.4) is 0 Å². The summed E-state index contributed by atoms with van der Waals surface area (Å²) < 4.78 is 0. The number of carbonyl (C=O) groups excluding carboxylic acids is 1. The molecule has 2 rings (SSSR count). The van der Waals surface area contributed by atoms with E-state index in [2.05, 4.69) is 22.5 Å². The van der Waals surface area contributed by atoms with Crippen molar-refractivity contribution in [3.8, 4) is 0 Å². The quantitative estimate of drug-likeness (QED) is 0.848. The normalized spacial score (nSPS) is 10.4. The molecule has 21 heavy (non-hydrogen) atoms. The monoisotopic (exact) mass is 323 g/mol. The summed E-state index contributed by atoms with van der Waals surface area (Å²) in [5, 5.41) is 9.61. The third kappa shape index (κ3) is 4.44. The van der Waals surface area contributed by atoms with Gasteiger partial charge in [0.25, 0.3) is 5.91 Å². The van der Waals surface area contributed by atoms with Crippen LogP contribution in [0.1, 0.15) is 34.4 Å². The summed E-state index contributed by atoms with van der Waals surface area (Å²) in [7, 11) is 0. The van der Waals surface area contributed by atoms with Crippen molar-refractivity contribution in [3.63, 3.8) is 0 Å². The third-order valence-electron chi connectivity index (χ3n) is 2.89. The van der Waals surface area contributed by atoms with E-state index in [9.17, 15) is 4.79 Å². The number of benzene rings is 1. The minimum absolute atomic E-state index is 0.151. The van der Waals surface area contributed by atoms with Crippen LogP contribution < -0.4 is 10.6 Å². The Morgan fingerprint density at radius 2 is 2.24 bits per heavy atom. The molecule has 0 radical (unpaired) electrons. The number of carbonyl (C=O) groups is 1. The second kappa shape index (κ2) is 7.43. The molecule has 0 saturated heterocycles. The number of halogens is 1. The van der Waals surface area contributed by atoms with Gasteiger partial charge in [-0.25, -0.2) is 4.98 Å². The SMILES string of the molecule is CCCNc1ccc(Cl)cc1C(=O)NCc1csc(C)n1. The maximum atomic E-state index is 12.3. The molecule has 0 bridgehead atoms. The molecule has 2 aromatic rings. The average molecular weight is 324 g/mol. The van der Waals surface area contributed by atoms with Gasteiger partial charge in [-0.3, -0.25) is 4.79 Å². The molecule has 0 aliphatic carbocycles. The van der Waals surface area contributed by atoms with E-state index in [1.165, 1.54) is 0 Å². The fraction of sp³-hybridized carbons (Fsp3) is 0.333. The molecule has 1 aromatic heterocycles. The fourth-order valence-corrected chi connectivity index (χ4v) is 2.66. The van der Waals surface area contributed by atoms with Gasteiger partial charge >= 0.3 is 0 Å². The first kappa shape index (κ1) is 15.8. The van der Waals surface area contributed by atoms with Gasteiger partial charge < -0.3 is 10.6 Å². The van der Waals surface area contributed by atoms with Crippen LogP contribution in [-0.2, 0) is 6.54 Å². The van der Waals surface area contributed by atoms with Crippen molar-refractivity contribution in [3.05, 3.63) is 44.9 Å². The van der Waals surface area contributed by atoms with Gasteiger partial charge in [0, 0.05) is 22.6 Å². The number of anilines is 1. The largest absolute Gasteiger partial charge is 0.384 e. The Morgan fingerprint density at radius 3 is 2.90 bits per heavy atom. The van der Waals surface area contributed by atoms with Gasteiger partial charge in [0.15, 0.2) is 0 Å². The topological polar surface area (TPSA) is 54.0 Å². The van der Waals surface area contributed by atoms with Gasteiger partial charge in [0.2, 0.25) is 0 Å². The second-order valence-corrected chi connectivity index (χ2v) is 6.16. The molecule has 0 aliphatic rings. The smallest absolute Gasteiger partial charge is 0.253 e. The van der Waals surface area contributed by atoms with Crippen LogP contribution in [0.2, 0.25) is 5.02 Å². The maximum Gasteiger partial charge on any atom is 0.253 e. The van der Waals surface area contributed by atoms with Crippen molar-refractivity contribution in [2.24, 2.45) is 0 Å². The average Bonchev–Trinajstić information content (AvgIpc) is 2.89. The highest BCUT2D eigenvalue weighted by molar-refractivity contribution is 7.09.